The van der Waals surface area contributed by atoms with E-state index in [1.54, 1.807) is 0 Å². The standard InChI is InChI=1S/C24H18F4N2O3/c25-16-7-9-20(19(12-16)13-4-5-13)33-21-11-15(24(26,27)28)6-8-18(21)23(32)30-17-3-1-2-14(10-17)22(29)31/h1-3,6-13H,4-5H2,(H2,29,31)(H,30,32). The molecule has 170 valence electrons. The fraction of sp³-hybridized carbons (Fsp3) is 0.167. The molecule has 3 aromatic rings. The Morgan fingerprint density at radius 2 is 1.73 bits per heavy atom. The summed E-state index contributed by atoms with van der Waals surface area (Å²) in [7, 11) is 0. The molecule has 4 rings (SSSR count). The maximum atomic E-state index is 13.7. The van der Waals surface area contributed by atoms with Crippen LogP contribution in [0, 0.1) is 5.82 Å². The number of anilines is 1. The summed E-state index contributed by atoms with van der Waals surface area (Å²) in [5.41, 5.74) is 4.98. The van der Waals surface area contributed by atoms with Crippen LogP contribution in [0.2, 0.25) is 0 Å². The molecule has 0 spiro atoms. The number of amides is 2. The number of hydrogen-bond donors (Lipinski definition) is 2. The SMILES string of the molecule is NC(=O)c1cccc(NC(=O)c2ccc(C(F)(F)F)cc2Oc2ccc(F)cc2C2CC2)c1. The van der Waals surface area contributed by atoms with E-state index >= 15 is 0 Å². The largest absolute Gasteiger partial charge is 0.456 e. The Bertz CT molecular complexity index is 1240. The van der Waals surface area contributed by atoms with Crippen molar-refractivity contribution in [1.82, 2.24) is 0 Å². The van der Waals surface area contributed by atoms with Gasteiger partial charge in [0.2, 0.25) is 5.91 Å². The zero-order chi connectivity index (χ0) is 23.8. The molecule has 1 aliphatic carbocycles. The summed E-state index contributed by atoms with van der Waals surface area (Å²) < 4.78 is 59.5. The van der Waals surface area contributed by atoms with E-state index < -0.39 is 29.4 Å². The van der Waals surface area contributed by atoms with E-state index in [0.717, 1.165) is 37.1 Å². The van der Waals surface area contributed by atoms with E-state index in [0.29, 0.717) is 5.56 Å². The van der Waals surface area contributed by atoms with Gasteiger partial charge in [-0.2, -0.15) is 13.2 Å². The first-order valence-electron chi connectivity index (χ1n) is 10.0. The minimum atomic E-state index is -4.66. The third-order valence-electron chi connectivity index (χ3n) is 5.17. The second kappa shape index (κ2) is 8.57. The Labute approximate surface area is 186 Å². The number of carbonyl (C=O) groups is 2. The Morgan fingerprint density at radius 3 is 2.39 bits per heavy atom. The van der Waals surface area contributed by atoms with Gasteiger partial charge in [-0.05, 0) is 73.4 Å². The Hall–Kier alpha value is -3.88. The quantitative estimate of drug-likeness (QED) is 0.454. The van der Waals surface area contributed by atoms with Crippen molar-refractivity contribution in [1.29, 1.82) is 0 Å². The summed E-state index contributed by atoms with van der Waals surface area (Å²) >= 11 is 0. The molecule has 1 aliphatic rings. The summed E-state index contributed by atoms with van der Waals surface area (Å²) in [6, 6.07) is 12.1. The van der Waals surface area contributed by atoms with Gasteiger partial charge < -0.3 is 15.8 Å². The first-order chi connectivity index (χ1) is 15.6. The predicted molar refractivity (Wildman–Crippen MR) is 113 cm³/mol. The molecule has 3 N–H and O–H groups in total. The molecule has 9 heteroatoms. The highest BCUT2D eigenvalue weighted by atomic mass is 19.4. The van der Waals surface area contributed by atoms with Crippen molar-refractivity contribution in [3.05, 3.63) is 88.7 Å². The number of nitrogens with two attached hydrogens (primary N) is 1. The van der Waals surface area contributed by atoms with Crippen molar-refractivity contribution in [2.45, 2.75) is 24.9 Å². The van der Waals surface area contributed by atoms with Gasteiger partial charge in [-0.3, -0.25) is 9.59 Å². The minimum absolute atomic E-state index is 0.0512. The lowest BCUT2D eigenvalue weighted by atomic mass is 10.1. The average Bonchev–Trinajstić information content (AvgIpc) is 3.60. The van der Waals surface area contributed by atoms with Gasteiger partial charge in [0.1, 0.15) is 17.3 Å². The van der Waals surface area contributed by atoms with E-state index in [4.69, 9.17) is 10.5 Å². The van der Waals surface area contributed by atoms with Gasteiger partial charge in [0.15, 0.2) is 0 Å². The third kappa shape index (κ3) is 5.14. The van der Waals surface area contributed by atoms with Gasteiger partial charge in [0.25, 0.3) is 5.91 Å². The molecule has 0 radical (unpaired) electrons. The highest BCUT2D eigenvalue weighted by Crippen LogP contribution is 2.46. The van der Waals surface area contributed by atoms with Crippen LogP contribution in [0.4, 0.5) is 23.2 Å². The van der Waals surface area contributed by atoms with Gasteiger partial charge >= 0.3 is 6.18 Å². The van der Waals surface area contributed by atoms with Crippen molar-refractivity contribution < 1.29 is 31.9 Å². The van der Waals surface area contributed by atoms with Crippen molar-refractivity contribution in [3.8, 4) is 11.5 Å². The molecule has 0 heterocycles. The van der Waals surface area contributed by atoms with Crippen LogP contribution in [-0.2, 0) is 6.18 Å². The highest BCUT2D eigenvalue weighted by Gasteiger charge is 2.33. The number of alkyl halides is 3. The normalized spacial score (nSPS) is 13.5. The number of primary amides is 1. The summed E-state index contributed by atoms with van der Waals surface area (Å²) in [5, 5.41) is 2.53. The van der Waals surface area contributed by atoms with Crippen LogP contribution in [0.1, 0.15) is 50.6 Å². The maximum Gasteiger partial charge on any atom is 0.416 e. The summed E-state index contributed by atoms with van der Waals surface area (Å²) in [6.07, 6.45) is -3.04. The van der Waals surface area contributed by atoms with E-state index in [1.165, 1.54) is 36.4 Å². The van der Waals surface area contributed by atoms with E-state index in [9.17, 15) is 27.2 Å². The second-order valence-electron chi connectivity index (χ2n) is 7.67. The van der Waals surface area contributed by atoms with Crippen LogP contribution in [-0.4, -0.2) is 11.8 Å². The molecular weight excluding hydrogens is 440 g/mol. The molecule has 0 aliphatic heterocycles. The molecule has 0 atom stereocenters. The first kappa shape index (κ1) is 22.3. The number of benzene rings is 3. The summed E-state index contributed by atoms with van der Waals surface area (Å²) in [6.45, 7) is 0. The average molecular weight is 458 g/mol. The van der Waals surface area contributed by atoms with Crippen molar-refractivity contribution in [2.75, 3.05) is 5.32 Å². The second-order valence-corrected chi connectivity index (χ2v) is 7.67. The van der Waals surface area contributed by atoms with E-state index in [-0.39, 0.29) is 34.2 Å². The molecule has 0 unspecified atom stereocenters. The molecule has 3 aromatic carbocycles. The van der Waals surface area contributed by atoms with Crippen LogP contribution < -0.4 is 15.8 Å². The lowest BCUT2D eigenvalue weighted by Gasteiger charge is -2.16. The van der Waals surface area contributed by atoms with Gasteiger partial charge in [-0.15, -0.1) is 0 Å². The first-order valence-corrected chi connectivity index (χ1v) is 10.0. The van der Waals surface area contributed by atoms with Crippen LogP contribution in [0.5, 0.6) is 11.5 Å². The molecule has 0 bridgehead atoms. The lowest BCUT2D eigenvalue weighted by Crippen LogP contribution is -2.16. The predicted octanol–water partition coefficient (Wildman–Crippen LogP) is 5.87. The van der Waals surface area contributed by atoms with Crippen LogP contribution >= 0.6 is 0 Å². The topological polar surface area (TPSA) is 81.4 Å². The summed E-state index contributed by atoms with van der Waals surface area (Å²) in [4.78, 5) is 24.3. The minimum Gasteiger partial charge on any atom is -0.456 e. The third-order valence-corrected chi connectivity index (χ3v) is 5.17. The highest BCUT2D eigenvalue weighted by molar-refractivity contribution is 6.07. The number of hydrogen-bond acceptors (Lipinski definition) is 3. The zero-order valence-electron chi connectivity index (χ0n) is 17.1. The van der Waals surface area contributed by atoms with E-state index in [1.807, 2.05) is 0 Å². The fourth-order valence-corrected chi connectivity index (χ4v) is 3.36. The smallest absolute Gasteiger partial charge is 0.416 e. The van der Waals surface area contributed by atoms with Gasteiger partial charge in [0.05, 0.1) is 11.1 Å². The Morgan fingerprint density at radius 1 is 0.970 bits per heavy atom. The molecule has 1 fully saturated rings. The molecular formula is C24H18F4N2O3. The van der Waals surface area contributed by atoms with Crippen molar-refractivity contribution in [2.24, 2.45) is 5.73 Å². The molecule has 0 saturated heterocycles. The zero-order valence-corrected chi connectivity index (χ0v) is 17.1. The monoisotopic (exact) mass is 458 g/mol. The molecule has 0 aromatic heterocycles. The number of ether oxygens (including phenoxy) is 1. The summed E-state index contributed by atoms with van der Waals surface area (Å²) in [5.74, 6) is -2.04. The molecule has 33 heavy (non-hydrogen) atoms. The fourth-order valence-electron chi connectivity index (χ4n) is 3.36. The van der Waals surface area contributed by atoms with Crippen molar-refractivity contribution in [3.63, 3.8) is 0 Å². The Kier molecular flexibility index (Phi) is 5.80. The van der Waals surface area contributed by atoms with Gasteiger partial charge in [-0.1, -0.05) is 6.07 Å². The number of carbonyl (C=O) groups excluding carboxylic acids is 2. The number of rotatable bonds is 6. The van der Waals surface area contributed by atoms with E-state index in [2.05, 4.69) is 5.32 Å². The van der Waals surface area contributed by atoms with Crippen LogP contribution in [0.15, 0.2) is 60.7 Å². The van der Waals surface area contributed by atoms with Crippen molar-refractivity contribution >= 4 is 17.5 Å². The molecule has 2 amide bonds. The molecule has 5 nitrogen and oxygen atoms in total. The van der Waals surface area contributed by atoms with Gasteiger partial charge in [-0.25, -0.2) is 4.39 Å². The van der Waals surface area contributed by atoms with Crippen LogP contribution in [0.25, 0.3) is 0 Å². The van der Waals surface area contributed by atoms with Crippen LogP contribution in [0.3, 0.4) is 0 Å². The lowest BCUT2D eigenvalue weighted by molar-refractivity contribution is -0.137. The Balaban J connectivity index is 1.70. The number of halogens is 4. The van der Waals surface area contributed by atoms with Gasteiger partial charge in [0, 0.05) is 16.8 Å². The number of nitrogens with one attached hydrogen (secondary N) is 1. The maximum absolute atomic E-state index is 13.7. The molecule has 1 saturated carbocycles.